The molecular weight excluding hydrogens is 223 g/mol. The maximum atomic E-state index is 2.31. The molecule has 1 heteroatoms. The van der Waals surface area contributed by atoms with Gasteiger partial charge >= 0.3 is 0 Å². The fourth-order valence-electron chi connectivity index (χ4n) is 3.17. The zero-order chi connectivity index (χ0) is 11.9. The summed E-state index contributed by atoms with van der Waals surface area (Å²) in [6.45, 7) is 2.31. The lowest BCUT2D eigenvalue weighted by Crippen LogP contribution is -2.27. The van der Waals surface area contributed by atoms with Crippen LogP contribution in [0.3, 0.4) is 0 Å². The Morgan fingerprint density at radius 1 is 0.765 bits per heavy atom. The van der Waals surface area contributed by atoms with Crippen LogP contribution < -0.4 is 0 Å². The van der Waals surface area contributed by atoms with Gasteiger partial charge in [-0.3, -0.25) is 0 Å². The van der Waals surface area contributed by atoms with E-state index in [9.17, 15) is 0 Å². The molecule has 100 valence electrons. The molecule has 2 fully saturated rings. The molecule has 0 aliphatic heterocycles. The fraction of sp³-hybridized carbons (Fsp3) is 1.00. The zero-order valence-electron chi connectivity index (χ0n) is 11.8. The van der Waals surface area contributed by atoms with E-state index >= 15 is 0 Å². The van der Waals surface area contributed by atoms with Gasteiger partial charge in [0.15, 0.2) is 0 Å². The molecule has 0 amide bonds. The largest absolute Gasteiger partial charge is 0.100 e. The van der Waals surface area contributed by atoms with Crippen LogP contribution >= 0.6 is 7.92 Å². The first kappa shape index (κ1) is 13.9. The quantitative estimate of drug-likeness (QED) is 0.353. The minimum atomic E-state index is 0.466. The SMILES string of the molecule is CCCCCCCCP(C1CCC1)C1CCC1. The van der Waals surface area contributed by atoms with Gasteiger partial charge in [0, 0.05) is 0 Å². The first-order valence-corrected chi connectivity index (χ1v) is 9.84. The van der Waals surface area contributed by atoms with E-state index in [-0.39, 0.29) is 0 Å². The summed E-state index contributed by atoms with van der Waals surface area (Å²) in [5, 5.41) is 0. The highest BCUT2D eigenvalue weighted by Crippen LogP contribution is 2.59. The summed E-state index contributed by atoms with van der Waals surface area (Å²) in [4.78, 5) is 0. The van der Waals surface area contributed by atoms with Gasteiger partial charge in [-0.1, -0.05) is 51.9 Å². The van der Waals surface area contributed by atoms with Crippen LogP contribution in [-0.4, -0.2) is 17.5 Å². The molecule has 0 N–H and O–H groups in total. The van der Waals surface area contributed by atoms with Crippen molar-refractivity contribution in [2.75, 3.05) is 6.16 Å². The number of rotatable bonds is 9. The zero-order valence-corrected chi connectivity index (χ0v) is 12.7. The van der Waals surface area contributed by atoms with Gasteiger partial charge in [-0.25, -0.2) is 0 Å². The van der Waals surface area contributed by atoms with Crippen LogP contribution in [0.4, 0.5) is 0 Å². The fourth-order valence-corrected chi connectivity index (χ4v) is 7.15. The monoisotopic (exact) mass is 254 g/mol. The summed E-state index contributed by atoms with van der Waals surface area (Å²) in [6, 6.07) is 0. The molecule has 0 spiro atoms. The summed E-state index contributed by atoms with van der Waals surface area (Å²) in [7, 11) is 0.466. The second-order valence-corrected chi connectivity index (χ2v) is 9.11. The molecule has 0 aromatic rings. The van der Waals surface area contributed by atoms with Crippen LogP contribution in [0.25, 0.3) is 0 Å². The van der Waals surface area contributed by atoms with Crippen molar-refractivity contribution in [2.24, 2.45) is 0 Å². The molecule has 0 bridgehead atoms. The van der Waals surface area contributed by atoms with E-state index in [2.05, 4.69) is 6.92 Å². The standard InChI is InChI=1S/C16H31P/c1-2-3-4-5-6-7-14-17(15-10-8-11-15)16-12-9-13-16/h15-16H,2-14H2,1H3. The second kappa shape index (κ2) is 7.78. The average Bonchev–Trinajstić information content (AvgIpc) is 2.17. The molecule has 0 saturated heterocycles. The topological polar surface area (TPSA) is 0 Å². The highest BCUT2D eigenvalue weighted by molar-refractivity contribution is 7.59. The third-order valence-corrected chi connectivity index (χ3v) is 8.60. The van der Waals surface area contributed by atoms with E-state index in [1.165, 1.54) is 43.4 Å². The number of hydrogen-bond acceptors (Lipinski definition) is 0. The van der Waals surface area contributed by atoms with Gasteiger partial charge in [-0.2, -0.15) is 0 Å². The molecule has 0 nitrogen and oxygen atoms in total. The van der Waals surface area contributed by atoms with Crippen molar-refractivity contribution in [1.29, 1.82) is 0 Å². The molecule has 0 aromatic heterocycles. The van der Waals surface area contributed by atoms with Crippen molar-refractivity contribution in [3.63, 3.8) is 0 Å². The van der Waals surface area contributed by atoms with Gasteiger partial charge in [0.1, 0.15) is 0 Å². The van der Waals surface area contributed by atoms with Crippen molar-refractivity contribution < 1.29 is 0 Å². The first-order chi connectivity index (χ1) is 8.42. The number of hydrogen-bond donors (Lipinski definition) is 0. The van der Waals surface area contributed by atoms with Crippen LogP contribution in [-0.2, 0) is 0 Å². The van der Waals surface area contributed by atoms with E-state index in [0.29, 0.717) is 7.92 Å². The van der Waals surface area contributed by atoms with Crippen molar-refractivity contribution >= 4 is 7.92 Å². The van der Waals surface area contributed by atoms with Gasteiger partial charge < -0.3 is 0 Å². The van der Waals surface area contributed by atoms with E-state index in [0.717, 1.165) is 0 Å². The van der Waals surface area contributed by atoms with E-state index < -0.39 is 0 Å². The molecular formula is C16H31P. The smallest absolute Gasteiger partial charge is 0.0207 e. The van der Waals surface area contributed by atoms with Crippen LogP contribution in [0, 0.1) is 0 Å². The molecule has 2 saturated carbocycles. The van der Waals surface area contributed by atoms with E-state index in [1.807, 2.05) is 0 Å². The maximum absolute atomic E-state index is 2.31. The van der Waals surface area contributed by atoms with Crippen molar-refractivity contribution in [2.45, 2.75) is 95.3 Å². The highest BCUT2D eigenvalue weighted by Gasteiger charge is 2.34. The minimum Gasteiger partial charge on any atom is -0.100 e. The van der Waals surface area contributed by atoms with Gasteiger partial charge in [-0.15, -0.1) is 7.92 Å². The Bertz CT molecular complexity index is 180. The van der Waals surface area contributed by atoms with Crippen LogP contribution in [0.5, 0.6) is 0 Å². The highest BCUT2D eigenvalue weighted by atomic mass is 31.1. The van der Waals surface area contributed by atoms with Crippen LogP contribution in [0.1, 0.15) is 84.0 Å². The van der Waals surface area contributed by atoms with E-state index in [4.69, 9.17) is 0 Å². The Kier molecular flexibility index (Phi) is 6.34. The molecule has 0 atom stereocenters. The lowest BCUT2D eigenvalue weighted by molar-refractivity contribution is 0.473. The van der Waals surface area contributed by atoms with Crippen molar-refractivity contribution in [1.82, 2.24) is 0 Å². The lowest BCUT2D eigenvalue weighted by atomic mass is 9.99. The predicted octanol–water partition coefficient (Wildman–Crippen LogP) is 5.93. The Morgan fingerprint density at radius 2 is 1.29 bits per heavy atom. The van der Waals surface area contributed by atoms with Crippen molar-refractivity contribution in [3.8, 4) is 0 Å². The van der Waals surface area contributed by atoms with Gasteiger partial charge in [-0.05, 0) is 49.6 Å². The summed E-state index contributed by atoms with van der Waals surface area (Å²) in [5.41, 5.74) is 2.43. The molecule has 0 unspecified atom stereocenters. The van der Waals surface area contributed by atoms with Crippen LogP contribution in [0.2, 0.25) is 0 Å². The molecule has 2 aliphatic rings. The number of unbranched alkanes of at least 4 members (excludes halogenated alkanes) is 5. The summed E-state index contributed by atoms with van der Waals surface area (Å²) in [6.07, 6.45) is 20.0. The van der Waals surface area contributed by atoms with Crippen molar-refractivity contribution in [3.05, 3.63) is 0 Å². The second-order valence-electron chi connectivity index (χ2n) is 6.18. The Hall–Kier alpha value is 0.430. The molecule has 0 aromatic carbocycles. The predicted molar refractivity (Wildman–Crippen MR) is 80.4 cm³/mol. The average molecular weight is 254 g/mol. The Balaban J connectivity index is 1.56. The Morgan fingerprint density at radius 3 is 1.76 bits per heavy atom. The normalized spacial score (nSPS) is 21.5. The molecule has 2 aliphatic carbocycles. The van der Waals surface area contributed by atoms with Gasteiger partial charge in [0.05, 0.1) is 0 Å². The summed E-state index contributed by atoms with van der Waals surface area (Å²) >= 11 is 0. The Labute approximate surface area is 110 Å². The van der Waals surface area contributed by atoms with Crippen LogP contribution in [0.15, 0.2) is 0 Å². The molecule has 2 rings (SSSR count). The minimum absolute atomic E-state index is 0.466. The molecule has 0 heterocycles. The lowest BCUT2D eigenvalue weighted by Gasteiger charge is -2.43. The third-order valence-electron chi connectivity index (χ3n) is 4.86. The van der Waals surface area contributed by atoms with Gasteiger partial charge in [0.25, 0.3) is 0 Å². The summed E-state index contributed by atoms with van der Waals surface area (Å²) < 4.78 is 0. The third kappa shape index (κ3) is 4.23. The van der Waals surface area contributed by atoms with Gasteiger partial charge in [0.2, 0.25) is 0 Å². The maximum Gasteiger partial charge on any atom is -0.0207 e. The first-order valence-electron chi connectivity index (χ1n) is 8.17. The summed E-state index contributed by atoms with van der Waals surface area (Å²) in [5.74, 6) is 0. The molecule has 17 heavy (non-hydrogen) atoms. The van der Waals surface area contributed by atoms with E-state index in [1.54, 1.807) is 51.1 Å². The molecule has 0 radical (unpaired) electrons.